The van der Waals surface area contributed by atoms with Crippen LogP contribution in [0.5, 0.6) is 11.5 Å². The van der Waals surface area contributed by atoms with Crippen molar-refractivity contribution in [2.24, 2.45) is 11.8 Å². The van der Waals surface area contributed by atoms with Crippen LogP contribution in [0.3, 0.4) is 0 Å². The van der Waals surface area contributed by atoms with Gasteiger partial charge in [-0.2, -0.15) is 0 Å². The van der Waals surface area contributed by atoms with E-state index in [2.05, 4.69) is 12.2 Å². The maximum absolute atomic E-state index is 9.75. The average molecular weight is 216 g/mol. The number of hydrogen-bond donors (Lipinski definition) is 2. The Labute approximate surface area is 95.2 Å². The second-order valence-electron chi connectivity index (χ2n) is 5.03. The predicted octanol–water partition coefficient (Wildman–Crippen LogP) is 3.09. The van der Waals surface area contributed by atoms with E-state index in [-0.39, 0.29) is 11.5 Å². The van der Waals surface area contributed by atoms with Crippen molar-refractivity contribution in [3.8, 4) is 11.5 Å². The minimum Gasteiger partial charge on any atom is -0.504 e. The lowest BCUT2D eigenvalue weighted by Crippen LogP contribution is -2.06. The first kappa shape index (κ1) is 9.76. The third kappa shape index (κ3) is 1.26. The second kappa shape index (κ2) is 3.27. The highest BCUT2D eigenvalue weighted by molar-refractivity contribution is 5.50. The van der Waals surface area contributed by atoms with Crippen LogP contribution in [0.15, 0.2) is 24.3 Å². The summed E-state index contributed by atoms with van der Waals surface area (Å²) >= 11 is 0. The highest BCUT2D eigenvalue weighted by Crippen LogP contribution is 2.50. The summed E-state index contributed by atoms with van der Waals surface area (Å²) in [5, 5.41) is 19.2. The normalized spacial score (nSPS) is 31.2. The third-order valence-corrected chi connectivity index (χ3v) is 4.13. The van der Waals surface area contributed by atoms with Crippen LogP contribution in [0.4, 0.5) is 0 Å². The summed E-state index contributed by atoms with van der Waals surface area (Å²) in [5.74, 6) is 1.92. The van der Waals surface area contributed by atoms with Crippen molar-refractivity contribution in [2.75, 3.05) is 0 Å². The highest BCUT2D eigenvalue weighted by atomic mass is 16.3. The van der Waals surface area contributed by atoms with Gasteiger partial charge in [0, 0.05) is 0 Å². The van der Waals surface area contributed by atoms with Gasteiger partial charge >= 0.3 is 0 Å². The highest BCUT2D eigenvalue weighted by Gasteiger charge is 2.37. The first-order valence-corrected chi connectivity index (χ1v) is 5.86. The van der Waals surface area contributed by atoms with E-state index in [0.717, 1.165) is 11.5 Å². The summed E-state index contributed by atoms with van der Waals surface area (Å²) in [6, 6.07) is 3.57. The first-order chi connectivity index (χ1) is 7.66. The Morgan fingerprint density at radius 1 is 1.12 bits per heavy atom. The van der Waals surface area contributed by atoms with Crippen molar-refractivity contribution < 1.29 is 10.2 Å². The van der Waals surface area contributed by atoms with E-state index in [1.165, 1.54) is 18.4 Å². The van der Waals surface area contributed by atoms with Crippen LogP contribution in [-0.2, 0) is 0 Å². The van der Waals surface area contributed by atoms with Crippen molar-refractivity contribution in [3.05, 3.63) is 35.4 Å². The van der Waals surface area contributed by atoms with Crippen LogP contribution in [0, 0.1) is 18.8 Å². The molecule has 2 N–H and O–H groups in total. The summed E-state index contributed by atoms with van der Waals surface area (Å²) in [4.78, 5) is 0. The maximum Gasteiger partial charge on any atom is 0.160 e. The number of phenols is 2. The topological polar surface area (TPSA) is 40.5 Å². The van der Waals surface area contributed by atoms with Crippen molar-refractivity contribution in [1.29, 1.82) is 0 Å². The molecule has 1 aromatic carbocycles. The zero-order valence-corrected chi connectivity index (χ0v) is 9.35. The molecule has 2 aliphatic rings. The van der Waals surface area contributed by atoms with Crippen LogP contribution >= 0.6 is 0 Å². The molecule has 1 aromatic rings. The van der Waals surface area contributed by atoms with Crippen LogP contribution in [0.2, 0.25) is 0 Å². The second-order valence-corrected chi connectivity index (χ2v) is 5.03. The summed E-state index contributed by atoms with van der Waals surface area (Å²) in [7, 11) is 0. The SMILES string of the molecule is Cc1c(C2CC3C=CC2C3)ccc(O)c1O. The lowest BCUT2D eigenvalue weighted by atomic mass is 9.84. The molecule has 0 saturated heterocycles. The van der Waals surface area contributed by atoms with Gasteiger partial charge in [0.15, 0.2) is 11.5 Å². The molecule has 2 aliphatic carbocycles. The predicted molar refractivity (Wildman–Crippen MR) is 62.6 cm³/mol. The molecule has 0 heterocycles. The molecule has 3 rings (SSSR count). The molecule has 0 amide bonds. The van der Waals surface area contributed by atoms with Gasteiger partial charge in [-0.05, 0) is 54.7 Å². The minimum atomic E-state index is -0.0139. The van der Waals surface area contributed by atoms with Crippen molar-refractivity contribution in [1.82, 2.24) is 0 Å². The van der Waals surface area contributed by atoms with Gasteiger partial charge in [0.2, 0.25) is 0 Å². The first-order valence-electron chi connectivity index (χ1n) is 5.86. The Bertz CT molecular complexity index is 462. The molecule has 0 spiro atoms. The van der Waals surface area contributed by atoms with Crippen LogP contribution in [0.25, 0.3) is 0 Å². The van der Waals surface area contributed by atoms with Gasteiger partial charge < -0.3 is 10.2 Å². The van der Waals surface area contributed by atoms with Crippen LogP contribution in [-0.4, -0.2) is 10.2 Å². The Balaban J connectivity index is 2.02. The number of benzene rings is 1. The lowest BCUT2D eigenvalue weighted by Gasteiger charge is -2.21. The van der Waals surface area contributed by atoms with Crippen LogP contribution in [0.1, 0.15) is 29.9 Å². The summed E-state index contributed by atoms with van der Waals surface area (Å²) in [6.45, 7) is 1.89. The van der Waals surface area contributed by atoms with E-state index in [1.54, 1.807) is 6.07 Å². The Hall–Kier alpha value is -1.44. The fraction of sp³-hybridized carbons (Fsp3) is 0.429. The number of allylic oxidation sites excluding steroid dienone is 2. The average Bonchev–Trinajstić information content (AvgIpc) is 2.88. The van der Waals surface area contributed by atoms with E-state index in [0.29, 0.717) is 11.8 Å². The number of phenolic OH excluding ortho intramolecular Hbond substituents is 2. The smallest absolute Gasteiger partial charge is 0.160 e. The molecule has 2 heteroatoms. The third-order valence-electron chi connectivity index (χ3n) is 4.13. The lowest BCUT2D eigenvalue weighted by molar-refractivity contribution is 0.399. The zero-order chi connectivity index (χ0) is 11.3. The summed E-state index contributed by atoms with van der Waals surface area (Å²) < 4.78 is 0. The number of hydrogen-bond acceptors (Lipinski definition) is 2. The summed E-state index contributed by atoms with van der Waals surface area (Å²) in [6.07, 6.45) is 7.07. The molecular weight excluding hydrogens is 200 g/mol. The molecule has 3 unspecified atom stereocenters. The van der Waals surface area contributed by atoms with E-state index < -0.39 is 0 Å². The standard InChI is InChI=1S/C14H16O2/c1-8-11(4-5-13(15)14(8)16)12-7-9-2-3-10(12)6-9/h2-5,9-10,12,15-16H,6-7H2,1H3. The van der Waals surface area contributed by atoms with E-state index in [4.69, 9.17) is 0 Å². The van der Waals surface area contributed by atoms with Gasteiger partial charge in [-0.1, -0.05) is 18.2 Å². The number of fused-ring (bicyclic) bond motifs is 2. The van der Waals surface area contributed by atoms with Gasteiger partial charge in [-0.15, -0.1) is 0 Å². The quantitative estimate of drug-likeness (QED) is 0.559. The molecule has 2 bridgehead atoms. The molecule has 16 heavy (non-hydrogen) atoms. The van der Waals surface area contributed by atoms with Gasteiger partial charge in [-0.25, -0.2) is 0 Å². The van der Waals surface area contributed by atoms with Gasteiger partial charge in [0.05, 0.1) is 0 Å². The number of aromatic hydroxyl groups is 2. The van der Waals surface area contributed by atoms with E-state index >= 15 is 0 Å². The number of rotatable bonds is 1. The molecule has 84 valence electrons. The largest absolute Gasteiger partial charge is 0.504 e. The Morgan fingerprint density at radius 2 is 1.94 bits per heavy atom. The monoisotopic (exact) mass is 216 g/mol. The Morgan fingerprint density at radius 3 is 2.56 bits per heavy atom. The minimum absolute atomic E-state index is 0.0139. The fourth-order valence-electron chi connectivity index (χ4n) is 3.24. The van der Waals surface area contributed by atoms with E-state index in [9.17, 15) is 10.2 Å². The molecule has 0 radical (unpaired) electrons. The van der Waals surface area contributed by atoms with Gasteiger partial charge in [-0.3, -0.25) is 0 Å². The van der Waals surface area contributed by atoms with Crippen molar-refractivity contribution >= 4 is 0 Å². The maximum atomic E-state index is 9.75. The molecule has 1 saturated carbocycles. The van der Waals surface area contributed by atoms with E-state index in [1.807, 2.05) is 13.0 Å². The van der Waals surface area contributed by atoms with Gasteiger partial charge in [0.1, 0.15) is 0 Å². The zero-order valence-electron chi connectivity index (χ0n) is 9.35. The van der Waals surface area contributed by atoms with Crippen LogP contribution < -0.4 is 0 Å². The molecule has 3 atom stereocenters. The van der Waals surface area contributed by atoms with Crippen molar-refractivity contribution in [2.45, 2.75) is 25.7 Å². The molecule has 1 fully saturated rings. The van der Waals surface area contributed by atoms with Gasteiger partial charge in [0.25, 0.3) is 0 Å². The molecule has 0 aliphatic heterocycles. The molecular formula is C14H16O2. The molecule has 2 nitrogen and oxygen atoms in total. The van der Waals surface area contributed by atoms with Crippen molar-refractivity contribution in [3.63, 3.8) is 0 Å². The Kier molecular flexibility index (Phi) is 2.00. The molecule has 0 aromatic heterocycles. The summed E-state index contributed by atoms with van der Waals surface area (Å²) in [5.41, 5.74) is 2.04. The fourth-order valence-corrected chi connectivity index (χ4v) is 3.24.